The van der Waals surface area contributed by atoms with Gasteiger partial charge >= 0.3 is 0 Å². The molecule has 1 amide bonds. The number of hydrogen-bond donors (Lipinski definition) is 1. The van der Waals surface area contributed by atoms with Gasteiger partial charge in [0.25, 0.3) is 0 Å². The summed E-state index contributed by atoms with van der Waals surface area (Å²) in [6.07, 6.45) is 2.47. The lowest BCUT2D eigenvalue weighted by atomic mass is 10.2. The van der Waals surface area contributed by atoms with Crippen LogP contribution in [0.25, 0.3) is 0 Å². The Morgan fingerprint density at radius 3 is 2.70 bits per heavy atom. The molecule has 1 heterocycles. The summed E-state index contributed by atoms with van der Waals surface area (Å²) >= 11 is 0. The van der Waals surface area contributed by atoms with E-state index in [0.29, 0.717) is 32.8 Å². The molecule has 0 bridgehead atoms. The quantitative estimate of drug-likeness (QED) is 0.684. The van der Waals surface area contributed by atoms with E-state index in [4.69, 9.17) is 9.15 Å². The molecule has 1 aromatic heterocycles. The Morgan fingerprint density at radius 1 is 1.17 bits per heavy atom. The highest BCUT2D eigenvalue weighted by Gasteiger charge is 2.13. The number of furan rings is 1. The molecule has 0 atom stereocenters. The topological polar surface area (TPSA) is 54.7 Å². The van der Waals surface area contributed by atoms with Crippen molar-refractivity contribution in [2.45, 2.75) is 19.5 Å². The van der Waals surface area contributed by atoms with Crippen LogP contribution in [0.2, 0.25) is 0 Å². The van der Waals surface area contributed by atoms with E-state index >= 15 is 0 Å². The third kappa shape index (κ3) is 6.67. The van der Waals surface area contributed by atoms with Crippen LogP contribution in [-0.4, -0.2) is 37.6 Å². The molecule has 0 saturated carbocycles. The second-order valence-electron chi connectivity index (χ2n) is 5.41. The molecule has 0 spiro atoms. The molecule has 5 nitrogen and oxygen atoms in total. The summed E-state index contributed by atoms with van der Waals surface area (Å²) in [7, 11) is 1.66. The molecule has 23 heavy (non-hydrogen) atoms. The molecular weight excluding hydrogens is 292 g/mol. The summed E-state index contributed by atoms with van der Waals surface area (Å²) < 4.78 is 10.4. The van der Waals surface area contributed by atoms with E-state index in [0.717, 1.165) is 12.2 Å². The van der Waals surface area contributed by atoms with E-state index in [9.17, 15) is 4.79 Å². The van der Waals surface area contributed by atoms with Crippen LogP contribution >= 0.6 is 0 Å². The van der Waals surface area contributed by atoms with Crippen molar-refractivity contribution in [3.05, 3.63) is 60.1 Å². The number of carbonyl (C=O) groups excluding carboxylic acids is 1. The zero-order valence-corrected chi connectivity index (χ0v) is 13.5. The number of rotatable bonds is 10. The van der Waals surface area contributed by atoms with Crippen LogP contribution in [0, 0.1) is 0 Å². The molecule has 5 heteroatoms. The third-order valence-electron chi connectivity index (χ3n) is 3.42. The van der Waals surface area contributed by atoms with Gasteiger partial charge in [-0.2, -0.15) is 0 Å². The lowest BCUT2D eigenvalue weighted by Crippen LogP contribution is -2.37. The molecule has 0 radical (unpaired) electrons. The molecule has 124 valence electrons. The van der Waals surface area contributed by atoms with Crippen molar-refractivity contribution in [1.82, 2.24) is 10.2 Å². The van der Waals surface area contributed by atoms with Gasteiger partial charge in [0.2, 0.25) is 5.91 Å². The van der Waals surface area contributed by atoms with Crippen LogP contribution in [0.15, 0.2) is 53.1 Å². The Balaban J connectivity index is 1.89. The molecule has 0 aliphatic rings. The summed E-state index contributed by atoms with van der Waals surface area (Å²) in [6, 6.07) is 13.9. The fourth-order valence-corrected chi connectivity index (χ4v) is 2.34. The van der Waals surface area contributed by atoms with Crippen molar-refractivity contribution in [2.75, 3.05) is 26.8 Å². The summed E-state index contributed by atoms with van der Waals surface area (Å²) in [4.78, 5) is 14.2. The predicted molar refractivity (Wildman–Crippen MR) is 88.8 cm³/mol. The first kappa shape index (κ1) is 17.2. The highest BCUT2D eigenvalue weighted by molar-refractivity contribution is 5.77. The number of methoxy groups -OCH3 is 1. The van der Waals surface area contributed by atoms with Gasteiger partial charge in [-0.05, 0) is 24.1 Å². The highest BCUT2D eigenvalue weighted by atomic mass is 16.5. The van der Waals surface area contributed by atoms with Gasteiger partial charge in [-0.3, -0.25) is 9.69 Å². The number of nitrogens with one attached hydrogen (secondary N) is 1. The van der Waals surface area contributed by atoms with Gasteiger partial charge in [0, 0.05) is 26.8 Å². The molecule has 0 aliphatic heterocycles. The zero-order chi connectivity index (χ0) is 16.3. The number of benzene rings is 1. The number of ether oxygens (including phenoxy) is 1. The molecule has 2 aromatic rings. The third-order valence-corrected chi connectivity index (χ3v) is 3.42. The Kier molecular flexibility index (Phi) is 7.36. The molecular formula is C18H24N2O3. The van der Waals surface area contributed by atoms with Crippen molar-refractivity contribution in [2.24, 2.45) is 0 Å². The van der Waals surface area contributed by atoms with E-state index in [-0.39, 0.29) is 5.91 Å². The summed E-state index contributed by atoms with van der Waals surface area (Å²) in [5, 5.41) is 2.92. The van der Waals surface area contributed by atoms with Crippen molar-refractivity contribution in [1.29, 1.82) is 0 Å². The van der Waals surface area contributed by atoms with Crippen molar-refractivity contribution >= 4 is 5.91 Å². The lowest BCUT2D eigenvalue weighted by molar-refractivity contribution is -0.122. The molecule has 0 fully saturated rings. The first-order valence-corrected chi connectivity index (χ1v) is 7.82. The maximum absolute atomic E-state index is 12.1. The fraction of sp³-hybridized carbons (Fsp3) is 0.389. The van der Waals surface area contributed by atoms with E-state index < -0.39 is 0 Å². The SMILES string of the molecule is COCCCNC(=O)CN(Cc1ccccc1)Cc1ccco1. The van der Waals surface area contributed by atoms with Gasteiger partial charge < -0.3 is 14.5 Å². The normalized spacial score (nSPS) is 10.9. The molecule has 2 rings (SSSR count). The number of amides is 1. The van der Waals surface area contributed by atoms with Crippen molar-refractivity contribution in [3.63, 3.8) is 0 Å². The van der Waals surface area contributed by atoms with Crippen LogP contribution in [0.4, 0.5) is 0 Å². The number of hydrogen-bond acceptors (Lipinski definition) is 4. The Labute approximate surface area is 137 Å². The molecule has 1 aromatic carbocycles. The lowest BCUT2D eigenvalue weighted by Gasteiger charge is -2.21. The minimum atomic E-state index is 0.0172. The van der Waals surface area contributed by atoms with Gasteiger partial charge in [-0.15, -0.1) is 0 Å². The van der Waals surface area contributed by atoms with Crippen LogP contribution in [-0.2, 0) is 22.6 Å². The second kappa shape index (κ2) is 9.82. The van der Waals surface area contributed by atoms with E-state index in [2.05, 4.69) is 22.3 Å². The Bertz CT molecular complexity index is 555. The monoisotopic (exact) mass is 316 g/mol. The standard InChI is InChI=1S/C18H24N2O3/c1-22-11-6-10-19-18(21)15-20(14-17-9-5-12-23-17)13-16-7-3-2-4-8-16/h2-5,7-9,12H,6,10-11,13-15H2,1H3,(H,19,21). The van der Waals surface area contributed by atoms with Crippen LogP contribution in [0.5, 0.6) is 0 Å². The maximum atomic E-state index is 12.1. The Morgan fingerprint density at radius 2 is 2.00 bits per heavy atom. The minimum absolute atomic E-state index is 0.0172. The summed E-state index contributed by atoms with van der Waals surface area (Å²) in [5.74, 6) is 0.872. The van der Waals surface area contributed by atoms with Gasteiger partial charge in [0.1, 0.15) is 5.76 Å². The average Bonchev–Trinajstić information content (AvgIpc) is 3.05. The first-order valence-electron chi connectivity index (χ1n) is 7.82. The van der Waals surface area contributed by atoms with Crippen molar-refractivity contribution < 1.29 is 13.9 Å². The Hall–Kier alpha value is -2.11. The first-order chi connectivity index (χ1) is 11.3. The van der Waals surface area contributed by atoms with E-state index in [1.54, 1.807) is 13.4 Å². The zero-order valence-electron chi connectivity index (χ0n) is 13.5. The average molecular weight is 316 g/mol. The highest BCUT2D eigenvalue weighted by Crippen LogP contribution is 2.10. The van der Waals surface area contributed by atoms with Crippen LogP contribution in [0.3, 0.4) is 0 Å². The van der Waals surface area contributed by atoms with Gasteiger partial charge in [-0.1, -0.05) is 30.3 Å². The van der Waals surface area contributed by atoms with Crippen LogP contribution < -0.4 is 5.32 Å². The van der Waals surface area contributed by atoms with Gasteiger partial charge in [0.05, 0.1) is 19.4 Å². The predicted octanol–water partition coefficient (Wildman–Crippen LogP) is 2.43. The molecule has 0 aliphatic carbocycles. The number of carbonyl (C=O) groups is 1. The second-order valence-corrected chi connectivity index (χ2v) is 5.41. The largest absolute Gasteiger partial charge is 0.468 e. The van der Waals surface area contributed by atoms with E-state index in [1.165, 1.54) is 5.56 Å². The number of nitrogens with zero attached hydrogens (tertiary/aromatic N) is 1. The smallest absolute Gasteiger partial charge is 0.234 e. The summed E-state index contributed by atoms with van der Waals surface area (Å²) in [5.41, 5.74) is 1.17. The molecule has 1 N–H and O–H groups in total. The molecule has 0 unspecified atom stereocenters. The van der Waals surface area contributed by atoms with Crippen molar-refractivity contribution in [3.8, 4) is 0 Å². The van der Waals surface area contributed by atoms with Gasteiger partial charge in [-0.25, -0.2) is 0 Å². The fourth-order valence-electron chi connectivity index (χ4n) is 2.34. The van der Waals surface area contributed by atoms with E-state index in [1.807, 2.05) is 30.3 Å². The maximum Gasteiger partial charge on any atom is 0.234 e. The molecule has 0 saturated heterocycles. The van der Waals surface area contributed by atoms with Crippen LogP contribution in [0.1, 0.15) is 17.7 Å². The minimum Gasteiger partial charge on any atom is -0.468 e. The van der Waals surface area contributed by atoms with Gasteiger partial charge in [0.15, 0.2) is 0 Å². The summed E-state index contributed by atoms with van der Waals surface area (Å²) in [6.45, 7) is 2.93.